The summed E-state index contributed by atoms with van der Waals surface area (Å²) in [4.78, 5) is 13.2. The molecule has 0 bridgehead atoms. The summed E-state index contributed by atoms with van der Waals surface area (Å²) >= 11 is 0. The van der Waals surface area contributed by atoms with Gasteiger partial charge < -0.3 is 9.64 Å². The van der Waals surface area contributed by atoms with Gasteiger partial charge in [-0.25, -0.2) is 0 Å². The highest BCUT2D eigenvalue weighted by molar-refractivity contribution is 5.70. The number of piperidine rings is 1. The lowest BCUT2D eigenvalue weighted by molar-refractivity contribution is -0.146. The minimum Gasteiger partial charge on any atom is -0.466 e. The minimum atomic E-state index is -2.77. The highest BCUT2D eigenvalue weighted by atomic mass is 16.5. The van der Waals surface area contributed by atoms with Crippen LogP contribution in [0.15, 0.2) is 24.2 Å². The maximum absolute atomic E-state index is 12.5. The van der Waals surface area contributed by atoms with Gasteiger partial charge in [0.2, 0.25) is 0 Å². The van der Waals surface area contributed by atoms with Crippen LogP contribution in [0.25, 0.3) is 0 Å². The molecule has 0 spiro atoms. The van der Waals surface area contributed by atoms with Crippen LogP contribution in [0.1, 0.15) is 52.3 Å². The van der Waals surface area contributed by atoms with E-state index >= 15 is 0 Å². The predicted molar refractivity (Wildman–Crippen MR) is 85.3 cm³/mol. The number of esters is 1. The number of likely N-dealkylation sites (tertiary alicyclic amines) is 1. The largest absolute Gasteiger partial charge is 0.466 e. The first-order valence-corrected chi connectivity index (χ1v) is 6.88. The van der Waals surface area contributed by atoms with E-state index in [-0.39, 0.29) is 29.8 Å². The Morgan fingerprint density at radius 3 is 2.95 bits per heavy atom. The van der Waals surface area contributed by atoms with Gasteiger partial charge >= 0.3 is 5.97 Å². The van der Waals surface area contributed by atoms with Crippen molar-refractivity contribution in [3.05, 3.63) is 35.3 Å². The SMILES string of the molecule is [2H]c1c([2H])c(C)c([2H])c(CC2(CC(=O)OCC)C([2H])([2H])CN(C([2H])([2H])[2H])CC2([2H])[2H])c1[2H]. The second-order valence-electron chi connectivity index (χ2n) is 5.05. The highest BCUT2D eigenvalue weighted by Gasteiger charge is 2.36. The van der Waals surface area contributed by atoms with E-state index in [0.717, 1.165) is 0 Å². The number of carbonyl (C=O) groups excluding carboxylic acids is 1. The van der Waals surface area contributed by atoms with Crippen molar-refractivity contribution in [2.24, 2.45) is 5.41 Å². The second kappa shape index (κ2) is 7.08. The van der Waals surface area contributed by atoms with Crippen molar-refractivity contribution < 1.29 is 24.6 Å². The molecule has 1 aliphatic heterocycles. The van der Waals surface area contributed by atoms with Crippen molar-refractivity contribution in [1.29, 1.82) is 0 Å². The molecule has 0 aliphatic carbocycles. The van der Waals surface area contributed by atoms with Crippen molar-refractivity contribution in [2.75, 3.05) is 26.7 Å². The Labute approximate surface area is 143 Å². The first kappa shape index (κ1) is 6.82. The second-order valence-corrected chi connectivity index (χ2v) is 5.05. The van der Waals surface area contributed by atoms with Crippen LogP contribution >= 0.6 is 0 Å². The van der Waals surface area contributed by atoms with Crippen LogP contribution in [-0.2, 0) is 16.0 Å². The first-order chi connectivity index (χ1) is 14.4. The van der Waals surface area contributed by atoms with Crippen LogP contribution in [0.2, 0.25) is 0 Å². The molecule has 116 valence electrons. The fourth-order valence-corrected chi connectivity index (χ4v) is 2.26. The quantitative estimate of drug-likeness (QED) is 0.782. The Hall–Kier alpha value is -1.35. The predicted octanol–water partition coefficient (Wildman–Crippen LogP) is 3.20. The molecule has 3 nitrogen and oxygen atoms in total. The highest BCUT2D eigenvalue weighted by Crippen LogP contribution is 2.38. The molecule has 0 aromatic heterocycles. The molecule has 1 aromatic rings. The lowest BCUT2D eigenvalue weighted by atomic mass is 9.71. The molecule has 1 saturated heterocycles. The Kier molecular flexibility index (Phi) is 2.30. The van der Waals surface area contributed by atoms with E-state index in [1.54, 1.807) is 0 Å². The van der Waals surface area contributed by atoms with Crippen LogP contribution < -0.4 is 0 Å². The molecule has 3 heteroatoms. The van der Waals surface area contributed by atoms with E-state index in [1.165, 1.54) is 13.8 Å². The van der Waals surface area contributed by atoms with E-state index in [2.05, 4.69) is 0 Å². The summed E-state index contributed by atoms with van der Waals surface area (Å²) in [7, 11) is 0. The molecule has 0 N–H and O–H groups in total. The summed E-state index contributed by atoms with van der Waals surface area (Å²) < 4.78 is 95.0. The lowest BCUT2D eigenvalue weighted by Gasteiger charge is -2.40. The van der Waals surface area contributed by atoms with E-state index in [4.69, 9.17) is 19.8 Å². The Morgan fingerprint density at radius 1 is 1.52 bits per heavy atom. The van der Waals surface area contributed by atoms with E-state index in [1.807, 2.05) is 0 Å². The molecule has 0 atom stereocenters. The molecule has 1 aliphatic rings. The van der Waals surface area contributed by atoms with E-state index in [9.17, 15) is 4.79 Å². The molecule has 2 rings (SSSR count). The molecular formula is C18H27NO2. The number of hydrogen-bond donors (Lipinski definition) is 0. The van der Waals surface area contributed by atoms with Crippen molar-refractivity contribution in [1.82, 2.24) is 4.90 Å². The topological polar surface area (TPSA) is 29.5 Å². The zero-order chi connectivity index (χ0) is 24.9. The van der Waals surface area contributed by atoms with Crippen LogP contribution in [0.3, 0.4) is 0 Å². The third-order valence-electron chi connectivity index (χ3n) is 3.25. The zero-order valence-electron chi connectivity index (χ0n) is 23.3. The van der Waals surface area contributed by atoms with E-state index in [0.29, 0.717) is 4.90 Å². The van der Waals surface area contributed by atoms with E-state index < -0.39 is 69.1 Å². The Balaban J connectivity index is 2.75. The molecule has 0 saturated carbocycles. The maximum Gasteiger partial charge on any atom is 0.306 e. The number of hydrogen-bond acceptors (Lipinski definition) is 3. The molecule has 1 aromatic carbocycles. The van der Waals surface area contributed by atoms with Crippen molar-refractivity contribution in [3.8, 4) is 0 Å². The molecule has 1 fully saturated rings. The summed E-state index contributed by atoms with van der Waals surface area (Å²) in [5, 5.41) is 0. The smallest absolute Gasteiger partial charge is 0.306 e. The summed E-state index contributed by atoms with van der Waals surface area (Å²) in [6, 6.07) is -1.63. The normalized spacial score (nSPS) is 31.4. The average molecular weight is 300 g/mol. The maximum atomic E-state index is 12.5. The average Bonchev–Trinajstić information content (AvgIpc) is 2.64. The van der Waals surface area contributed by atoms with Gasteiger partial charge in [-0.05, 0) is 64.1 Å². The number of nitrogens with zero attached hydrogens (tertiary/aromatic N) is 1. The standard InChI is InChI=1S/C18H27NO2/c1-4-21-17(20)14-18(8-10-19(3)11-9-18)13-16-7-5-6-15(2)12-16/h5-7,12H,4,8-11,13-14H2,1-3H3/i3D3,5D,6D,7D,8D2,9D2,12D. The summed E-state index contributed by atoms with van der Waals surface area (Å²) in [5.74, 6) is -0.888. The van der Waals surface area contributed by atoms with Crippen LogP contribution in [0.4, 0.5) is 0 Å². The molecular weight excluding hydrogens is 262 g/mol. The summed E-state index contributed by atoms with van der Waals surface area (Å²) in [6.07, 6.45) is -6.51. The fraction of sp³-hybridized carbons (Fsp3) is 0.611. The lowest BCUT2D eigenvalue weighted by Crippen LogP contribution is -2.40. The molecule has 0 unspecified atom stereocenters. The number of ether oxygens (including phenoxy) is 1. The van der Waals surface area contributed by atoms with Gasteiger partial charge in [0.1, 0.15) is 0 Å². The number of benzene rings is 1. The van der Waals surface area contributed by atoms with Gasteiger partial charge in [0, 0.05) is 9.60 Å². The van der Waals surface area contributed by atoms with Crippen LogP contribution in [-0.4, -0.2) is 37.5 Å². The number of carbonyl (C=O) groups is 1. The molecule has 21 heavy (non-hydrogen) atoms. The summed E-state index contributed by atoms with van der Waals surface area (Å²) in [5.41, 5.74) is -2.27. The zero-order valence-corrected chi connectivity index (χ0v) is 12.3. The third kappa shape index (κ3) is 4.57. The Morgan fingerprint density at radius 2 is 2.29 bits per heavy atom. The van der Waals surface area contributed by atoms with Gasteiger partial charge in [-0.1, -0.05) is 29.7 Å². The molecule has 0 amide bonds. The number of rotatable bonds is 5. The first-order valence-electron chi connectivity index (χ1n) is 12.4. The molecule has 0 radical (unpaired) electrons. The summed E-state index contributed by atoms with van der Waals surface area (Å²) in [6.45, 7) is -1.25. The van der Waals surface area contributed by atoms with Gasteiger partial charge in [-0.3, -0.25) is 4.79 Å². The van der Waals surface area contributed by atoms with Gasteiger partial charge in [0.25, 0.3) is 0 Å². The van der Waals surface area contributed by atoms with Gasteiger partial charge in [0.05, 0.1) is 18.5 Å². The van der Waals surface area contributed by atoms with Crippen molar-refractivity contribution in [2.45, 2.75) is 39.4 Å². The molecule has 1 heterocycles. The fourth-order valence-electron chi connectivity index (χ4n) is 2.26. The van der Waals surface area contributed by atoms with Gasteiger partial charge in [-0.15, -0.1) is 0 Å². The Bertz CT molecular complexity index is 851. The third-order valence-corrected chi connectivity index (χ3v) is 3.25. The van der Waals surface area contributed by atoms with Gasteiger partial charge in [-0.2, -0.15) is 0 Å². The van der Waals surface area contributed by atoms with Crippen LogP contribution in [0, 0.1) is 12.3 Å². The van der Waals surface area contributed by atoms with Crippen LogP contribution in [0.5, 0.6) is 0 Å². The minimum absolute atomic E-state index is 0.0286. The van der Waals surface area contributed by atoms with Crippen molar-refractivity contribution >= 4 is 5.97 Å². The van der Waals surface area contributed by atoms with Crippen molar-refractivity contribution in [3.63, 3.8) is 0 Å². The van der Waals surface area contributed by atoms with Gasteiger partial charge in [0.15, 0.2) is 0 Å². The monoisotopic (exact) mass is 300 g/mol.